The Morgan fingerprint density at radius 2 is 1.92 bits per heavy atom. The van der Waals surface area contributed by atoms with Crippen molar-refractivity contribution in [3.63, 3.8) is 0 Å². The molecule has 37 heavy (non-hydrogen) atoms. The zero-order valence-corrected chi connectivity index (χ0v) is 20.6. The number of hydrogen-bond donors (Lipinski definition) is 2. The summed E-state index contributed by atoms with van der Waals surface area (Å²) >= 11 is 0. The van der Waals surface area contributed by atoms with Crippen molar-refractivity contribution < 1.29 is 8.78 Å². The maximum atomic E-state index is 12.5. The maximum absolute atomic E-state index is 12.5. The van der Waals surface area contributed by atoms with Gasteiger partial charge in [-0.15, -0.1) is 5.10 Å². The zero-order valence-electron chi connectivity index (χ0n) is 20.6. The average Bonchev–Trinajstić information content (AvgIpc) is 3.54. The molecule has 12 heteroatoms. The highest BCUT2D eigenvalue weighted by molar-refractivity contribution is 5.79. The van der Waals surface area contributed by atoms with Crippen molar-refractivity contribution in [2.24, 2.45) is 0 Å². The number of halogens is 2. The largest absolute Gasteiger partial charge is 0.382 e. The third-order valence-electron chi connectivity index (χ3n) is 6.51. The number of nitrogens with one attached hydrogen (secondary N) is 2. The van der Waals surface area contributed by atoms with Crippen LogP contribution in [0.1, 0.15) is 51.1 Å². The van der Waals surface area contributed by atoms with Crippen LogP contribution in [0, 0.1) is 11.3 Å². The number of anilines is 1. The lowest BCUT2D eigenvalue weighted by Gasteiger charge is -2.29. The Balaban J connectivity index is 1.38. The fourth-order valence-electron chi connectivity index (χ4n) is 4.72. The fourth-order valence-corrected chi connectivity index (χ4v) is 4.72. The zero-order chi connectivity index (χ0) is 25.9. The van der Waals surface area contributed by atoms with Crippen molar-refractivity contribution in [1.29, 1.82) is 5.26 Å². The van der Waals surface area contributed by atoms with Gasteiger partial charge in [-0.1, -0.05) is 5.21 Å². The topological polar surface area (TPSA) is 122 Å². The van der Waals surface area contributed by atoms with Crippen LogP contribution < -0.4 is 10.6 Å². The van der Waals surface area contributed by atoms with E-state index in [1.54, 1.807) is 23.1 Å². The van der Waals surface area contributed by atoms with Crippen LogP contribution in [0.15, 0.2) is 36.9 Å². The van der Waals surface area contributed by atoms with Gasteiger partial charge in [-0.3, -0.25) is 0 Å². The molecule has 2 N–H and O–H groups in total. The second-order valence-electron chi connectivity index (χ2n) is 9.58. The van der Waals surface area contributed by atoms with E-state index in [0.717, 1.165) is 42.3 Å². The van der Waals surface area contributed by atoms with Gasteiger partial charge in [-0.25, -0.2) is 23.4 Å². The Morgan fingerprint density at radius 1 is 1.11 bits per heavy atom. The highest BCUT2D eigenvalue weighted by Crippen LogP contribution is 2.32. The molecule has 5 rings (SSSR count). The number of fused-ring (bicyclic) bond motifs is 1. The van der Waals surface area contributed by atoms with Gasteiger partial charge in [0, 0.05) is 47.2 Å². The van der Waals surface area contributed by atoms with Crippen molar-refractivity contribution in [2.45, 2.75) is 64.1 Å². The van der Waals surface area contributed by atoms with E-state index in [0.29, 0.717) is 22.7 Å². The second kappa shape index (κ2) is 10.6. The maximum Gasteiger partial charge on any atom is 0.250 e. The summed E-state index contributed by atoms with van der Waals surface area (Å²) in [5.41, 5.74) is 3.43. The number of nitrogens with zero attached hydrogens (tertiary/aromatic N) is 8. The lowest BCUT2D eigenvalue weighted by molar-refractivity contribution is 0.135. The fraction of sp³-hybridized carbons (Fsp3) is 0.440. The van der Waals surface area contributed by atoms with Gasteiger partial charge in [0.05, 0.1) is 30.5 Å². The lowest BCUT2D eigenvalue weighted by Crippen LogP contribution is -2.36. The monoisotopic (exact) mass is 506 g/mol. The van der Waals surface area contributed by atoms with Gasteiger partial charge < -0.3 is 10.6 Å². The van der Waals surface area contributed by atoms with Crippen molar-refractivity contribution in [1.82, 2.24) is 40.1 Å². The van der Waals surface area contributed by atoms with Crippen LogP contribution in [-0.4, -0.2) is 59.8 Å². The summed E-state index contributed by atoms with van der Waals surface area (Å²) in [5, 5.41) is 29.5. The Kier molecular flexibility index (Phi) is 7.05. The molecule has 0 unspecified atom stereocenters. The highest BCUT2D eigenvalue weighted by atomic mass is 19.3. The van der Waals surface area contributed by atoms with Gasteiger partial charge in [-0.2, -0.15) is 15.0 Å². The molecule has 0 bridgehead atoms. The van der Waals surface area contributed by atoms with Crippen LogP contribution in [0.25, 0.3) is 28.1 Å². The van der Waals surface area contributed by atoms with E-state index in [2.05, 4.69) is 55.9 Å². The number of nitriles is 1. The minimum absolute atomic E-state index is 0.117. The SMILES string of the molecule is CC(C)Nc1cc(-n2ncc3cc(C#N)cnc32)ncc1-c1cn(C2CCC(NCC(F)F)CC2)nn1. The summed E-state index contributed by atoms with van der Waals surface area (Å²) in [6, 6.07) is 6.19. The molecule has 4 aromatic heterocycles. The number of alkyl halides is 2. The van der Waals surface area contributed by atoms with E-state index < -0.39 is 6.43 Å². The number of aromatic nitrogens is 7. The molecular formula is C25H28F2N10. The van der Waals surface area contributed by atoms with Crippen molar-refractivity contribution in [2.75, 3.05) is 11.9 Å². The van der Waals surface area contributed by atoms with E-state index in [4.69, 9.17) is 5.26 Å². The lowest BCUT2D eigenvalue weighted by atomic mass is 9.91. The molecule has 0 spiro atoms. The summed E-state index contributed by atoms with van der Waals surface area (Å²) in [6.45, 7) is 3.84. The van der Waals surface area contributed by atoms with Gasteiger partial charge in [-0.05, 0) is 45.6 Å². The Hall–Kier alpha value is -3.98. The van der Waals surface area contributed by atoms with Crippen molar-refractivity contribution in [3.05, 3.63) is 42.5 Å². The van der Waals surface area contributed by atoms with Gasteiger partial charge >= 0.3 is 0 Å². The van der Waals surface area contributed by atoms with Crippen LogP contribution in [0.5, 0.6) is 0 Å². The molecule has 1 aliphatic carbocycles. The summed E-state index contributed by atoms with van der Waals surface area (Å²) in [7, 11) is 0. The Labute approximate surface area is 212 Å². The van der Waals surface area contributed by atoms with E-state index in [1.165, 1.54) is 6.20 Å². The van der Waals surface area contributed by atoms with E-state index in [9.17, 15) is 8.78 Å². The van der Waals surface area contributed by atoms with E-state index >= 15 is 0 Å². The predicted octanol–water partition coefficient (Wildman–Crippen LogP) is 4.10. The number of rotatable bonds is 8. The number of pyridine rings is 2. The molecule has 10 nitrogen and oxygen atoms in total. The van der Waals surface area contributed by atoms with Crippen LogP contribution >= 0.6 is 0 Å². The molecule has 4 heterocycles. The summed E-state index contributed by atoms with van der Waals surface area (Å²) in [6.07, 6.45) is 7.88. The first-order valence-electron chi connectivity index (χ1n) is 12.4. The van der Waals surface area contributed by atoms with Crippen LogP contribution in [0.3, 0.4) is 0 Å². The third-order valence-corrected chi connectivity index (χ3v) is 6.51. The quantitative estimate of drug-likeness (QED) is 0.366. The second-order valence-corrected chi connectivity index (χ2v) is 9.58. The molecule has 0 atom stereocenters. The molecule has 1 fully saturated rings. The Bertz CT molecular complexity index is 1410. The van der Waals surface area contributed by atoms with E-state index in [1.807, 2.05) is 16.9 Å². The summed E-state index contributed by atoms with van der Waals surface area (Å²) in [4.78, 5) is 9.02. The molecule has 1 saturated carbocycles. The smallest absolute Gasteiger partial charge is 0.250 e. The predicted molar refractivity (Wildman–Crippen MR) is 134 cm³/mol. The van der Waals surface area contributed by atoms with Gasteiger partial charge in [0.1, 0.15) is 11.8 Å². The molecule has 4 aromatic rings. The molecule has 0 saturated heterocycles. The van der Waals surface area contributed by atoms with Crippen LogP contribution in [0.2, 0.25) is 0 Å². The molecule has 192 valence electrons. The number of hydrogen-bond acceptors (Lipinski definition) is 8. The molecule has 0 aliphatic heterocycles. The first kappa shape index (κ1) is 24.7. The van der Waals surface area contributed by atoms with Gasteiger partial charge in [0.15, 0.2) is 11.5 Å². The summed E-state index contributed by atoms with van der Waals surface area (Å²) in [5.74, 6) is 0.584. The highest BCUT2D eigenvalue weighted by Gasteiger charge is 2.24. The molecular weight excluding hydrogens is 478 g/mol. The first-order valence-corrected chi connectivity index (χ1v) is 12.4. The summed E-state index contributed by atoms with van der Waals surface area (Å²) < 4.78 is 28.5. The van der Waals surface area contributed by atoms with Crippen LogP contribution in [-0.2, 0) is 0 Å². The average molecular weight is 507 g/mol. The molecule has 0 aromatic carbocycles. The molecule has 1 aliphatic rings. The normalized spacial score (nSPS) is 18.0. The minimum atomic E-state index is -2.33. The van der Waals surface area contributed by atoms with Gasteiger partial charge in [0.25, 0.3) is 6.43 Å². The standard InChI is InChI=1S/C25H28F2N10/c1-15(2)33-21-8-24(37-25-17(11-32-37)7-16(9-28)10-31-25)30-12-20(21)22-14-36(35-34-22)19-5-3-18(4-6-19)29-13-23(26)27/h7-8,10-12,14-15,18-19,23,29H,3-6,13H2,1-2H3,(H,30,33). The molecule has 0 radical (unpaired) electrons. The van der Waals surface area contributed by atoms with Crippen LogP contribution in [0.4, 0.5) is 14.5 Å². The Morgan fingerprint density at radius 3 is 2.65 bits per heavy atom. The third kappa shape index (κ3) is 5.41. The van der Waals surface area contributed by atoms with Crippen molar-refractivity contribution in [3.8, 4) is 23.1 Å². The first-order chi connectivity index (χ1) is 17.9. The molecule has 0 amide bonds. The minimum Gasteiger partial charge on any atom is -0.382 e. The van der Waals surface area contributed by atoms with Gasteiger partial charge in [0.2, 0.25) is 0 Å². The van der Waals surface area contributed by atoms with E-state index in [-0.39, 0.29) is 24.7 Å². The van der Waals surface area contributed by atoms with Crippen molar-refractivity contribution >= 4 is 16.7 Å².